The van der Waals surface area contributed by atoms with Gasteiger partial charge < -0.3 is 34.5 Å². The molecule has 3 heterocycles. The third kappa shape index (κ3) is 5.22. The summed E-state index contributed by atoms with van der Waals surface area (Å²) >= 11 is 0. The monoisotopic (exact) mass is 589 g/mol. The maximum absolute atomic E-state index is 14.3. The lowest BCUT2D eigenvalue weighted by Gasteiger charge is -2.34. The van der Waals surface area contributed by atoms with Crippen LogP contribution >= 0.6 is 0 Å². The molecule has 1 spiro atoms. The molecule has 3 aliphatic heterocycles. The van der Waals surface area contributed by atoms with Crippen molar-refractivity contribution in [2.45, 2.75) is 62.3 Å². The number of nitrogens with zero attached hydrogens (tertiary/aromatic N) is 1. The summed E-state index contributed by atoms with van der Waals surface area (Å²) in [5.41, 5.74) is 0.315. The van der Waals surface area contributed by atoms with Crippen LogP contribution in [0.4, 0.5) is 5.69 Å². The molecule has 2 N–H and O–H groups in total. The normalized spacial score (nSPS) is 27.6. The third-order valence-electron chi connectivity index (χ3n) is 9.32. The Morgan fingerprint density at radius 2 is 1.70 bits per heavy atom. The van der Waals surface area contributed by atoms with Gasteiger partial charge in [0.2, 0.25) is 17.7 Å². The number of nitrogens with one attached hydrogen (secondary N) is 2. The lowest BCUT2D eigenvalue weighted by molar-refractivity contribution is -0.141. The lowest BCUT2D eigenvalue weighted by Crippen LogP contribution is -2.56. The summed E-state index contributed by atoms with van der Waals surface area (Å²) in [5, 5.41) is 6.18. The molecule has 0 aromatic heterocycles. The van der Waals surface area contributed by atoms with E-state index in [0.717, 1.165) is 37.7 Å². The number of ether oxygens (including phenoxy) is 4. The zero-order chi connectivity index (χ0) is 30.1. The standard InChI is InChI=1S/C33H39N3O7/c1-40-23-12-10-22(11-13-23)34-30(37)27-25-15-17-33(43-25)28(27)32(39)36(29(33)31(38)35-21-7-5-4-6-8-21)18-16-20-9-14-24(41-2)26(19-20)42-3/h9-15,17,19,21,25,27-29H,4-8,16,18H2,1-3H3,(H,34,37)(H,35,38)/t25-,27+,28-,29-,33-/m0/s1. The van der Waals surface area contributed by atoms with E-state index < -0.39 is 29.6 Å². The second-order valence-corrected chi connectivity index (χ2v) is 11.7. The number of fused-ring (bicyclic) bond motifs is 1. The van der Waals surface area contributed by atoms with Crippen LogP contribution in [-0.2, 0) is 25.5 Å². The first-order valence-electron chi connectivity index (χ1n) is 15.0. The molecule has 1 saturated carbocycles. The molecule has 4 aliphatic rings. The molecule has 5 atom stereocenters. The number of carbonyl (C=O) groups is 3. The molecule has 1 aliphatic carbocycles. The SMILES string of the molecule is COc1ccc(NC(=O)[C@@H]2[C@@H]3C=C[C@]4(O3)[C@@H]2C(=O)N(CCc2ccc(OC)c(OC)c2)[C@H]4C(=O)NC2CCCCC2)cc1. The van der Waals surface area contributed by atoms with Gasteiger partial charge in [-0.1, -0.05) is 37.5 Å². The fourth-order valence-electron chi connectivity index (χ4n) is 7.22. The number of likely N-dealkylation sites (tertiary alicyclic amines) is 1. The Morgan fingerprint density at radius 3 is 2.40 bits per heavy atom. The molecule has 2 saturated heterocycles. The van der Waals surface area contributed by atoms with Crippen LogP contribution in [0.5, 0.6) is 17.2 Å². The molecule has 3 amide bonds. The first-order chi connectivity index (χ1) is 20.9. The average Bonchev–Trinajstić information content (AvgIpc) is 3.67. The van der Waals surface area contributed by atoms with Crippen LogP contribution in [0.2, 0.25) is 0 Å². The van der Waals surface area contributed by atoms with Crippen molar-refractivity contribution in [3.05, 3.63) is 60.2 Å². The number of hydrogen-bond acceptors (Lipinski definition) is 7. The molecule has 2 aromatic rings. The maximum Gasteiger partial charge on any atom is 0.246 e. The fraction of sp³-hybridized carbons (Fsp3) is 0.485. The second kappa shape index (κ2) is 11.9. The number of methoxy groups -OCH3 is 3. The minimum Gasteiger partial charge on any atom is -0.497 e. The minimum absolute atomic E-state index is 0.0660. The van der Waals surface area contributed by atoms with Gasteiger partial charge in [0, 0.05) is 18.3 Å². The molecule has 2 bridgehead atoms. The highest BCUT2D eigenvalue weighted by molar-refractivity contribution is 6.02. The van der Waals surface area contributed by atoms with E-state index in [-0.39, 0.29) is 30.3 Å². The number of rotatable bonds is 10. The van der Waals surface area contributed by atoms with Gasteiger partial charge >= 0.3 is 0 Å². The predicted octanol–water partition coefficient (Wildman–Crippen LogP) is 3.49. The van der Waals surface area contributed by atoms with Gasteiger partial charge in [-0.15, -0.1) is 0 Å². The van der Waals surface area contributed by atoms with Gasteiger partial charge in [-0.05, 0) is 61.2 Å². The number of benzene rings is 2. The van der Waals surface area contributed by atoms with E-state index >= 15 is 0 Å². The van der Waals surface area contributed by atoms with Crippen molar-refractivity contribution in [2.75, 3.05) is 33.2 Å². The van der Waals surface area contributed by atoms with Crippen LogP contribution in [0.25, 0.3) is 0 Å². The number of hydrogen-bond donors (Lipinski definition) is 2. The van der Waals surface area contributed by atoms with Crippen LogP contribution in [0, 0.1) is 11.8 Å². The van der Waals surface area contributed by atoms with Crippen molar-refractivity contribution in [2.24, 2.45) is 11.8 Å². The molecular weight excluding hydrogens is 550 g/mol. The summed E-state index contributed by atoms with van der Waals surface area (Å²) in [6.07, 6.45) is 8.70. The fourth-order valence-corrected chi connectivity index (χ4v) is 7.22. The van der Waals surface area contributed by atoms with Crippen molar-refractivity contribution in [1.82, 2.24) is 10.2 Å². The van der Waals surface area contributed by atoms with Crippen LogP contribution in [0.1, 0.15) is 37.7 Å². The summed E-state index contributed by atoms with van der Waals surface area (Å²) < 4.78 is 22.5. The molecule has 2 aromatic carbocycles. The molecule has 3 fully saturated rings. The number of carbonyl (C=O) groups excluding carboxylic acids is 3. The van der Waals surface area contributed by atoms with Gasteiger partial charge in [-0.2, -0.15) is 0 Å². The number of anilines is 1. The Hall–Kier alpha value is -4.05. The summed E-state index contributed by atoms with van der Waals surface area (Å²) in [5.74, 6) is -0.483. The predicted molar refractivity (Wildman–Crippen MR) is 159 cm³/mol. The molecule has 10 nitrogen and oxygen atoms in total. The van der Waals surface area contributed by atoms with Crippen molar-refractivity contribution in [3.8, 4) is 17.2 Å². The molecular formula is C33H39N3O7. The Bertz CT molecular complexity index is 1400. The molecule has 10 heteroatoms. The Balaban J connectivity index is 1.28. The zero-order valence-electron chi connectivity index (χ0n) is 24.8. The van der Waals surface area contributed by atoms with E-state index in [0.29, 0.717) is 29.4 Å². The quantitative estimate of drug-likeness (QED) is 0.408. The highest BCUT2D eigenvalue weighted by Crippen LogP contribution is 2.55. The van der Waals surface area contributed by atoms with Gasteiger partial charge in [-0.25, -0.2) is 0 Å². The van der Waals surface area contributed by atoms with Crippen LogP contribution in [0.15, 0.2) is 54.6 Å². The lowest BCUT2D eigenvalue weighted by atomic mass is 9.74. The van der Waals surface area contributed by atoms with Gasteiger partial charge in [0.25, 0.3) is 0 Å². The molecule has 0 unspecified atom stereocenters. The van der Waals surface area contributed by atoms with E-state index in [2.05, 4.69) is 10.6 Å². The van der Waals surface area contributed by atoms with Crippen LogP contribution in [-0.4, -0.2) is 74.3 Å². The van der Waals surface area contributed by atoms with E-state index in [1.165, 1.54) is 0 Å². The molecule has 43 heavy (non-hydrogen) atoms. The van der Waals surface area contributed by atoms with Gasteiger partial charge in [0.1, 0.15) is 17.4 Å². The molecule has 0 radical (unpaired) electrons. The Morgan fingerprint density at radius 1 is 0.953 bits per heavy atom. The summed E-state index contributed by atoms with van der Waals surface area (Å²) in [7, 11) is 4.74. The summed E-state index contributed by atoms with van der Waals surface area (Å²) in [4.78, 5) is 43.6. The van der Waals surface area contributed by atoms with Gasteiger partial charge in [0.05, 0.1) is 39.3 Å². The smallest absolute Gasteiger partial charge is 0.246 e. The Labute approximate surface area is 251 Å². The van der Waals surface area contributed by atoms with Gasteiger partial charge in [-0.3, -0.25) is 14.4 Å². The molecule has 228 valence electrons. The van der Waals surface area contributed by atoms with Crippen molar-refractivity contribution < 1.29 is 33.3 Å². The van der Waals surface area contributed by atoms with E-state index in [1.54, 1.807) is 50.5 Å². The van der Waals surface area contributed by atoms with E-state index in [9.17, 15) is 14.4 Å². The van der Waals surface area contributed by atoms with Crippen molar-refractivity contribution in [1.29, 1.82) is 0 Å². The van der Waals surface area contributed by atoms with Gasteiger partial charge in [0.15, 0.2) is 11.5 Å². The van der Waals surface area contributed by atoms with Crippen molar-refractivity contribution in [3.63, 3.8) is 0 Å². The third-order valence-corrected chi connectivity index (χ3v) is 9.32. The Kier molecular flexibility index (Phi) is 8.05. The number of amides is 3. The van der Waals surface area contributed by atoms with E-state index in [4.69, 9.17) is 18.9 Å². The van der Waals surface area contributed by atoms with Crippen molar-refractivity contribution >= 4 is 23.4 Å². The minimum atomic E-state index is -1.21. The zero-order valence-corrected chi connectivity index (χ0v) is 24.8. The molecule has 6 rings (SSSR count). The maximum atomic E-state index is 14.3. The van der Waals surface area contributed by atoms with Crippen LogP contribution < -0.4 is 24.8 Å². The topological polar surface area (TPSA) is 115 Å². The highest BCUT2D eigenvalue weighted by atomic mass is 16.5. The average molecular weight is 590 g/mol. The first kappa shape index (κ1) is 29.0. The highest BCUT2D eigenvalue weighted by Gasteiger charge is 2.72. The largest absolute Gasteiger partial charge is 0.497 e. The summed E-state index contributed by atoms with van der Waals surface area (Å²) in [6, 6.07) is 11.8. The second-order valence-electron chi connectivity index (χ2n) is 11.7. The first-order valence-corrected chi connectivity index (χ1v) is 15.0. The van der Waals surface area contributed by atoms with E-state index in [1.807, 2.05) is 30.4 Å². The van der Waals surface area contributed by atoms with Crippen LogP contribution in [0.3, 0.4) is 0 Å². The summed E-state index contributed by atoms with van der Waals surface area (Å²) in [6.45, 7) is 0.282.